The topological polar surface area (TPSA) is 52.6 Å². The van der Waals surface area contributed by atoms with Gasteiger partial charge in [-0.2, -0.15) is 0 Å². The maximum atomic E-state index is 13.0. The van der Waals surface area contributed by atoms with Crippen LogP contribution in [0, 0.1) is 11.8 Å². The van der Waals surface area contributed by atoms with Gasteiger partial charge in [0.05, 0.1) is 5.92 Å². The zero-order valence-corrected chi connectivity index (χ0v) is 17.7. The van der Waals surface area contributed by atoms with Crippen LogP contribution in [0.25, 0.3) is 0 Å². The Balaban J connectivity index is 1.82. The maximum Gasteiger partial charge on any atom is 0.309 e. The third-order valence-corrected chi connectivity index (χ3v) is 6.95. The van der Waals surface area contributed by atoms with E-state index in [1.807, 2.05) is 0 Å². The van der Waals surface area contributed by atoms with Crippen LogP contribution in [-0.4, -0.2) is 24.6 Å². The van der Waals surface area contributed by atoms with E-state index in [0.29, 0.717) is 12.5 Å². The predicted molar refractivity (Wildman–Crippen MR) is 110 cm³/mol. The fourth-order valence-corrected chi connectivity index (χ4v) is 5.31. The van der Waals surface area contributed by atoms with Crippen LogP contribution in [-0.2, 0) is 19.1 Å². The van der Waals surface area contributed by atoms with Gasteiger partial charge in [-0.05, 0) is 51.4 Å². The van der Waals surface area contributed by atoms with E-state index in [0.717, 1.165) is 56.9 Å². The van der Waals surface area contributed by atoms with Crippen LogP contribution in [0.15, 0.2) is 11.1 Å². The van der Waals surface area contributed by atoms with E-state index < -0.39 is 0 Å². The van der Waals surface area contributed by atoms with Crippen LogP contribution in [0.4, 0.5) is 0 Å². The molecule has 3 aliphatic carbocycles. The number of hydrogen-bond acceptors (Lipinski definition) is 4. The van der Waals surface area contributed by atoms with E-state index in [9.17, 15) is 9.59 Å². The molecule has 0 radical (unpaired) electrons. The van der Waals surface area contributed by atoms with Crippen molar-refractivity contribution in [1.29, 1.82) is 0 Å². The van der Waals surface area contributed by atoms with Crippen LogP contribution in [0.3, 0.4) is 0 Å². The molecule has 4 heteroatoms. The fourth-order valence-electron chi connectivity index (χ4n) is 5.31. The Bertz CT molecular complexity index is 545. The first kappa shape index (κ1) is 21.4. The number of rotatable bonds is 6. The van der Waals surface area contributed by atoms with Crippen molar-refractivity contribution in [1.82, 2.24) is 0 Å². The Kier molecular flexibility index (Phi) is 8.42. The van der Waals surface area contributed by atoms with E-state index >= 15 is 0 Å². The molecule has 0 N–H and O–H groups in total. The van der Waals surface area contributed by atoms with Gasteiger partial charge in [0.1, 0.15) is 12.7 Å². The first-order valence-corrected chi connectivity index (χ1v) is 11.7. The average Bonchev–Trinajstić information content (AvgIpc) is 2.74. The smallest absolute Gasteiger partial charge is 0.309 e. The number of carbonyl (C=O) groups is 2. The largest absolute Gasteiger partial charge is 0.461 e. The van der Waals surface area contributed by atoms with Crippen LogP contribution >= 0.6 is 0 Å². The molecule has 0 aromatic carbocycles. The third kappa shape index (κ3) is 6.09. The van der Waals surface area contributed by atoms with E-state index in [1.165, 1.54) is 57.4 Å². The van der Waals surface area contributed by atoms with Gasteiger partial charge in [-0.15, -0.1) is 0 Å². The highest BCUT2D eigenvalue weighted by Crippen LogP contribution is 2.37. The average molecular weight is 391 g/mol. The van der Waals surface area contributed by atoms with Gasteiger partial charge in [0.2, 0.25) is 0 Å². The molecule has 0 saturated heterocycles. The Labute approximate surface area is 170 Å². The second-order valence-corrected chi connectivity index (χ2v) is 9.06. The van der Waals surface area contributed by atoms with Crippen molar-refractivity contribution in [3.63, 3.8) is 0 Å². The SMILES string of the molecule is CC(=O)OCC(=C1CCCCC1)C(OC(=O)C1CCCCC1)C1CCCCC1. The molecular weight excluding hydrogens is 352 g/mol. The van der Waals surface area contributed by atoms with Crippen molar-refractivity contribution in [2.75, 3.05) is 6.61 Å². The molecule has 158 valence electrons. The van der Waals surface area contributed by atoms with Crippen molar-refractivity contribution in [2.45, 2.75) is 109 Å². The summed E-state index contributed by atoms with van der Waals surface area (Å²) in [6.07, 6.45) is 16.9. The molecule has 3 aliphatic rings. The van der Waals surface area contributed by atoms with Gasteiger partial charge in [-0.3, -0.25) is 9.59 Å². The number of hydrogen-bond donors (Lipinski definition) is 0. The Hall–Kier alpha value is -1.32. The van der Waals surface area contributed by atoms with Gasteiger partial charge >= 0.3 is 11.9 Å². The molecule has 1 atom stereocenters. The molecular formula is C24H38O4. The first-order chi connectivity index (χ1) is 13.6. The molecule has 4 nitrogen and oxygen atoms in total. The summed E-state index contributed by atoms with van der Waals surface area (Å²) in [5.74, 6) is 0.175. The second-order valence-electron chi connectivity index (χ2n) is 9.06. The van der Waals surface area contributed by atoms with Crippen LogP contribution in [0.5, 0.6) is 0 Å². The van der Waals surface area contributed by atoms with Crippen molar-refractivity contribution in [3.05, 3.63) is 11.1 Å². The van der Waals surface area contributed by atoms with Crippen LogP contribution in [0.2, 0.25) is 0 Å². The number of esters is 2. The monoisotopic (exact) mass is 390 g/mol. The molecule has 3 saturated carbocycles. The molecule has 3 fully saturated rings. The zero-order valence-electron chi connectivity index (χ0n) is 17.7. The van der Waals surface area contributed by atoms with Crippen molar-refractivity contribution in [3.8, 4) is 0 Å². The summed E-state index contributed by atoms with van der Waals surface area (Å²) in [7, 11) is 0. The summed E-state index contributed by atoms with van der Waals surface area (Å²) in [6, 6.07) is 0. The van der Waals surface area contributed by atoms with Crippen molar-refractivity contribution < 1.29 is 19.1 Å². The van der Waals surface area contributed by atoms with E-state index in [4.69, 9.17) is 9.47 Å². The number of carbonyl (C=O) groups excluding carboxylic acids is 2. The maximum absolute atomic E-state index is 13.0. The first-order valence-electron chi connectivity index (χ1n) is 11.7. The lowest BCUT2D eigenvalue weighted by atomic mass is 9.79. The molecule has 28 heavy (non-hydrogen) atoms. The van der Waals surface area contributed by atoms with E-state index in [1.54, 1.807) is 0 Å². The minimum Gasteiger partial charge on any atom is -0.461 e. The van der Waals surface area contributed by atoms with Gasteiger partial charge in [0, 0.05) is 18.4 Å². The molecule has 0 aromatic heterocycles. The minimum atomic E-state index is -0.255. The van der Waals surface area contributed by atoms with Gasteiger partial charge in [0.15, 0.2) is 0 Å². The number of allylic oxidation sites excluding steroid dienone is 1. The third-order valence-electron chi connectivity index (χ3n) is 6.95. The molecule has 0 bridgehead atoms. The van der Waals surface area contributed by atoms with Gasteiger partial charge in [-0.1, -0.05) is 50.5 Å². The lowest BCUT2D eigenvalue weighted by molar-refractivity contribution is -0.157. The van der Waals surface area contributed by atoms with Gasteiger partial charge < -0.3 is 9.47 Å². The summed E-state index contributed by atoms with van der Waals surface area (Å²) in [5.41, 5.74) is 2.51. The Morgan fingerprint density at radius 2 is 1.43 bits per heavy atom. The molecule has 0 aliphatic heterocycles. The highest BCUT2D eigenvalue weighted by molar-refractivity contribution is 5.73. The predicted octanol–water partition coefficient (Wildman–Crippen LogP) is 5.88. The summed E-state index contributed by atoms with van der Waals surface area (Å²) in [6.45, 7) is 1.76. The quantitative estimate of drug-likeness (QED) is 0.419. The normalized spacial score (nSPS) is 23.1. The molecule has 1 unspecified atom stereocenters. The summed E-state index contributed by atoms with van der Waals surface area (Å²) >= 11 is 0. The van der Waals surface area contributed by atoms with Crippen LogP contribution < -0.4 is 0 Å². The highest BCUT2D eigenvalue weighted by Gasteiger charge is 2.34. The molecule has 0 spiro atoms. The van der Waals surface area contributed by atoms with Gasteiger partial charge in [0.25, 0.3) is 0 Å². The van der Waals surface area contributed by atoms with Crippen molar-refractivity contribution in [2.24, 2.45) is 11.8 Å². The zero-order chi connectivity index (χ0) is 19.8. The Morgan fingerprint density at radius 3 is 2.04 bits per heavy atom. The Morgan fingerprint density at radius 1 is 0.857 bits per heavy atom. The van der Waals surface area contributed by atoms with E-state index in [2.05, 4.69) is 0 Å². The molecule has 0 aromatic rings. The fraction of sp³-hybridized carbons (Fsp3) is 0.833. The second kappa shape index (κ2) is 11.0. The van der Waals surface area contributed by atoms with Crippen molar-refractivity contribution >= 4 is 11.9 Å². The van der Waals surface area contributed by atoms with Crippen LogP contribution in [0.1, 0.15) is 103 Å². The summed E-state index contributed by atoms with van der Waals surface area (Å²) in [5, 5.41) is 0. The standard InChI is InChI=1S/C24H38O4/c1-18(25)27-17-22(19-11-5-2-6-12-19)23(20-13-7-3-8-14-20)28-24(26)21-15-9-4-10-16-21/h20-21,23H,2-17H2,1H3. The molecule has 0 amide bonds. The highest BCUT2D eigenvalue weighted by atomic mass is 16.6. The lowest BCUT2D eigenvalue weighted by Gasteiger charge is -2.35. The van der Waals surface area contributed by atoms with Gasteiger partial charge in [-0.25, -0.2) is 0 Å². The lowest BCUT2D eigenvalue weighted by Crippen LogP contribution is -2.36. The van der Waals surface area contributed by atoms with E-state index in [-0.39, 0.29) is 24.0 Å². The summed E-state index contributed by atoms with van der Waals surface area (Å²) < 4.78 is 11.8. The number of ether oxygens (including phenoxy) is 2. The minimum absolute atomic E-state index is 0.00740. The molecule has 3 rings (SSSR count). The summed E-state index contributed by atoms with van der Waals surface area (Å²) in [4.78, 5) is 24.6. The molecule has 0 heterocycles.